The van der Waals surface area contributed by atoms with E-state index in [0.29, 0.717) is 0 Å². The minimum absolute atomic E-state index is 0.840. The van der Waals surface area contributed by atoms with Crippen LogP contribution in [0.4, 0.5) is 0 Å². The molecular weight excluding hydrogens is 98.1 g/mol. The van der Waals surface area contributed by atoms with Gasteiger partial charge in [-0.1, -0.05) is 30.3 Å². The van der Waals surface area contributed by atoms with Gasteiger partial charge >= 0.3 is 0 Å². The Balaban J connectivity index is 2.99. The Morgan fingerprint density at radius 1 is 1.12 bits per heavy atom. The third kappa shape index (κ3) is 0.936. The first kappa shape index (κ1) is 5.04. The van der Waals surface area contributed by atoms with E-state index in [1.807, 2.05) is 30.3 Å². The summed E-state index contributed by atoms with van der Waals surface area (Å²) in [6, 6.07) is 9.33. The molecule has 0 atom stereocenters. The number of benzene rings is 1. The van der Waals surface area contributed by atoms with E-state index in [9.17, 15) is 0 Å². The first-order valence-corrected chi connectivity index (χ1v) is 2.46. The first-order chi connectivity index (χ1) is 3.93. The van der Waals surface area contributed by atoms with E-state index in [0.717, 1.165) is 11.8 Å². The van der Waals surface area contributed by atoms with Crippen molar-refractivity contribution in [2.24, 2.45) is 0 Å². The van der Waals surface area contributed by atoms with Gasteiger partial charge in [-0.2, -0.15) is 5.41 Å². The van der Waals surface area contributed by atoms with E-state index >= 15 is 0 Å². The molecule has 0 spiro atoms. The fraction of sp³-hybridized carbons (Fsp3) is 0. The molecule has 0 fully saturated rings. The van der Waals surface area contributed by atoms with Gasteiger partial charge in [0.15, 0.2) is 0 Å². The molecule has 0 N–H and O–H groups in total. The summed E-state index contributed by atoms with van der Waals surface area (Å²) in [7, 11) is 0. The summed E-state index contributed by atoms with van der Waals surface area (Å²) in [5, 5.41) is 8.41. The smallest absolute Gasteiger partial charge is 0.0568 e. The van der Waals surface area contributed by atoms with Crippen molar-refractivity contribution in [2.45, 2.75) is 0 Å². The van der Waals surface area contributed by atoms with Gasteiger partial charge in [0.25, 0.3) is 0 Å². The van der Waals surface area contributed by atoms with Crippen molar-refractivity contribution >= 4 is 6.21 Å². The highest BCUT2D eigenvalue weighted by Crippen LogP contribution is 1.90. The lowest BCUT2D eigenvalue weighted by Gasteiger charge is -1.83. The van der Waals surface area contributed by atoms with Crippen molar-refractivity contribution in [1.82, 2.24) is 5.41 Å². The summed E-state index contributed by atoms with van der Waals surface area (Å²) in [5.74, 6) is 0. The van der Waals surface area contributed by atoms with Gasteiger partial charge in [-0.25, -0.2) is 0 Å². The molecule has 1 aromatic carbocycles. The zero-order valence-electron chi connectivity index (χ0n) is 4.41. The van der Waals surface area contributed by atoms with Crippen LogP contribution in [-0.4, -0.2) is 6.21 Å². The monoisotopic (exact) mass is 104 g/mol. The van der Waals surface area contributed by atoms with Gasteiger partial charge in [0.05, 0.1) is 6.21 Å². The molecule has 0 aliphatic heterocycles. The molecule has 1 radical (unpaired) electrons. The van der Waals surface area contributed by atoms with Crippen molar-refractivity contribution in [1.29, 1.82) is 0 Å². The predicted molar refractivity (Wildman–Crippen MR) is 33.7 cm³/mol. The van der Waals surface area contributed by atoms with E-state index in [1.54, 1.807) is 0 Å². The molecule has 0 saturated heterocycles. The predicted octanol–water partition coefficient (Wildman–Crippen LogP) is 0.906. The first-order valence-electron chi connectivity index (χ1n) is 2.46. The van der Waals surface area contributed by atoms with Gasteiger partial charge in [-0.05, 0) is 5.56 Å². The van der Waals surface area contributed by atoms with Crippen LogP contribution in [0.2, 0.25) is 0 Å². The summed E-state index contributed by atoms with van der Waals surface area (Å²) in [6.07, 6.45) is 1.08. The molecule has 0 aliphatic rings. The highest BCUT2D eigenvalue weighted by Gasteiger charge is 1.78. The maximum Gasteiger partial charge on any atom is 0.0568 e. The van der Waals surface area contributed by atoms with E-state index in [4.69, 9.17) is 5.41 Å². The van der Waals surface area contributed by atoms with Crippen LogP contribution in [0.25, 0.3) is 0 Å². The fourth-order valence-electron chi connectivity index (χ4n) is 0.539. The second-order valence-electron chi connectivity index (χ2n) is 1.54. The van der Waals surface area contributed by atoms with Crippen molar-refractivity contribution in [3.05, 3.63) is 35.9 Å². The number of nitrogens with zero attached hydrogens (tertiary/aromatic N) is 1. The van der Waals surface area contributed by atoms with Gasteiger partial charge in [0.1, 0.15) is 0 Å². The zero-order chi connectivity index (χ0) is 5.82. The average Bonchev–Trinajstić information content (AvgIpc) is 1.90. The minimum Gasteiger partial charge on any atom is -0.159 e. The Morgan fingerprint density at radius 3 is 2.12 bits per heavy atom. The van der Waals surface area contributed by atoms with E-state index in [1.165, 1.54) is 0 Å². The second kappa shape index (κ2) is 2.26. The normalized spacial score (nSPS) is 8.50. The minimum atomic E-state index is 0.840. The topological polar surface area (TPSA) is 22.3 Å². The Morgan fingerprint density at radius 2 is 1.75 bits per heavy atom. The van der Waals surface area contributed by atoms with Gasteiger partial charge in [-0.3, -0.25) is 0 Å². The quantitative estimate of drug-likeness (QED) is 0.472. The van der Waals surface area contributed by atoms with Crippen LogP contribution in [0, 0.1) is 0 Å². The lowest BCUT2D eigenvalue weighted by atomic mass is 10.2. The van der Waals surface area contributed by atoms with Gasteiger partial charge in [0, 0.05) is 0 Å². The maximum atomic E-state index is 8.41. The molecule has 0 aromatic heterocycles. The van der Waals surface area contributed by atoms with E-state index in [-0.39, 0.29) is 0 Å². The molecule has 0 aliphatic carbocycles. The van der Waals surface area contributed by atoms with Gasteiger partial charge in [0.2, 0.25) is 0 Å². The second-order valence-corrected chi connectivity index (χ2v) is 1.54. The van der Waals surface area contributed by atoms with Crippen LogP contribution in [0.1, 0.15) is 5.56 Å². The molecular formula is C7H6N. The number of rotatable bonds is 1. The van der Waals surface area contributed by atoms with Crippen molar-refractivity contribution in [3.63, 3.8) is 0 Å². The summed E-state index contributed by atoms with van der Waals surface area (Å²) < 4.78 is 0. The average molecular weight is 104 g/mol. The molecule has 0 heterocycles. The fourth-order valence-corrected chi connectivity index (χ4v) is 0.539. The lowest BCUT2D eigenvalue weighted by molar-refractivity contribution is 1.66. The molecule has 1 nitrogen and oxygen atoms in total. The molecule has 1 rings (SSSR count). The summed E-state index contributed by atoms with van der Waals surface area (Å²) >= 11 is 0. The van der Waals surface area contributed by atoms with Gasteiger partial charge in [-0.15, -0.1) is 0 Å². The maximum absolute atomic E-state index is 8.41. The third-order valence-corrected chi connectivity index (χ3v) is 0.949. The van der Waals surface area contributed by atoms with Crippen molar-refractivity contribution in [3.8, 4) is 0 Å². The SMILES string of the molecule is [N]=Cc1ccccc1. The highest BCUT2D eigenvalue weighted by atomic mass is 14.3. The Bertz CT molecular complexity index is 167. The van der Waals surface area contributed by atoms with Crippen LogP contribution < -0.4 is 5.41 Å². The molecule has 1 heteroatoms. The van der Waals surface area contributed by atoms with Crippen LogP contribution in [0.3, 0.4) is 0 Å². The largest absolute Gasteiger partial charge is 0.159 e. The van der Waals surface area contributed by atoms with Crippen LogP contribution in [0.5, 0.6) is 0 Å². The van der Waals surface area contributed by atoms with Crippen LogP contribution >= 0.6 is 0 Å². The van der Waals surface area contributed by atoms with Crippen LogP contribution in [0.15, 0.2) is 30.3 Å². The highest BCUT2D eigenvalue weighted by molar-refractivity contribution is 5.77. The molecule has 39 valence electrons. The zero-order valence-corrected chi connectivity index (χ0v) is 4.41. The van der Waals surface area contributed by atoms with Crippen molar-refractivity contribution in [2.75, 3.05) is 0 Å². The third-order valence-electron chi connectivity index (χ3n) is 0.949. The lowest BCUT2D eigenvalue weighted by Crippen LogP contribution is -1.76. The molecule has 0 amide bonds. The van der Waals surface area contributed by atoms with Crippen molar-refractivity contribution < 1.29 is 0 Å². The molecule has 8 heavy (non-hydrogen) atoms. The number of hydrogen-bond acceptors (Lipinski definition) is 0. The van der Waals surface area contributed by atoms with Crippen LogP contribution in [-0.2, 0) is 0 Å². The molecule has 1 aromatic rings. The van der Waals surface area contributed by atoms with E-state index < -0.39 is 0 Å². The summed E-state index contributed by atoms with van der Waals surface area (Å²) in [6.45, 7) is 0. The summed E-state index contributed by atoms with van der Waals surface area (Å²) in [4.78, 5) is 0. The standard InChI is InChI=1S/C7H6N/c8-6-7-4-2-1-3-5-7/h1-6H. The van der Waals surface area contributed by atoms with E-state index in [2.05, 4.69) is 0 Å². The molecule has 0 unspecified atom stereocenters. The van der Waals surface area contributed by atoms with Gasteiger partial charge < -0.3 is 0 Å². The Hall–Kier alpha value is -1.11. The Labute approximate surface area is 48.5 Å². The number of hydrogen-bond donors (Lipinski definition) is 0. The molecule has 0 bridgehead atoms. The Kier molecular flexibility index (Phi) is 1.42. The molecule has 0 saturated carbocycles. The summed E-state index contributed by atoms with van der Waals surface area (Å²) in [5.41, 5.74) is 0.840.